The number of halogens is 1. The largest absolute Gasteiger partial charge is 0.438 e. The first kappa shape index (κ1) is 12.8. The van der Waals surface area contributed by atoms with Crippen LogP contribution in [0.2, 0.25) is 0 Å². The third-order valence-corrected chi connectivity index (χ3v) is 3.54. The second kappa shape index (κ2) is 5.31. The molecular weight excluding hydrogens is 341 g/mol. The number of hydrogen-bond donors (Lipinski definition) is 0. The number of benzene rings is 1. The number of hydrogen-bond acceptors (Lipinski definition) is 4. The zero-order valence-electron chi connectivity index (χ0n) is 9.94. The van der Waals surface area contributed by atoms with E-state index in [1.54, 1.807) is 24.3 Å². The summed E-state index contributed by atoms with van der Waals surface area (Å²) >= 11 is 2.16. The average molecular weight is 351 g/mol. The lowest BCUT2D eigenvalue weighted by Gasteiger charge is -2.08. The molecule has 0 aliphatic carbocycles. The average Bonchev–Trinajstić information content (AvgIpc) is 2.36. The molecule has 1 heterocycles. The lowest BCUT2D eigenvalue weighted by Crippen LogP contribution is -1.99. The molecule has 5 heteroatoms. The predicted octanol–water partition coefficient (Wildman–Crippen LogP) is 3.36. The molecule has 1 aromatic heterocycles. The van der Waals surface area contributed by atoms with E-state index in [1.165, 1.54) is 0 Å². The van der Waals surface area contributed by atoms with Crippen LogP contribution >= 0.6 is 22.6 Å². The summed E-state index contributed by atoms with van der Waals surface area (Å²) < 4.78 is 6.59. The van der Waals surface area contributed by atoms with E-state index in [1.807, 2.05) is 13.8 Å². The minimum Gasteiger partial charge on any atom is -0.438 e. The van der Waals surface area contributed by atoms with Crippen LogP contribution in [0, 0.1) is 28.7 Å². The van der Waals surface area contributed by atoms with Crippen molar-refractivity contribution in [3.63, 3.8) is 0 Å². The second-order valence-corrected chi connectivity index (χ2v) is 4.79. The molecule has 0 atom stereocenters. The summed E-state index contributed by atoms with van der Waals surface area (Å²) in [4.78, 5) is 8.53. The normalized spacial score (nSPS) is 9.89. The fraction of sp³-hybridized carbons (Fsp3) is 0.154. The molecule has 90 valence electrons. The van der Waals surface area contributed by atoms with Gasteiger partial charge in [0.1, 0.15) is 11.6 Å². The van der Waals surface area contributed by atoms with Gasteiger partial charge in [-0.3, -0.25) is 0 Å². The van der Waals surface area contributed by atoms with Crippen LogP contribution in [-0.4, -0.2) is 9.97 Å². The predicted molar refractivity (Wildman–Crippen MR) is 75.5 cm³/mol. The number of nitrogens with zero attached hydrogens (tertiary/aromatic N) is 3. The molecule has 0 spiro atoms. The lowest BCUT2D eigenvalue weighted by molar-refractivity contribution is 0.455. The van der Waals surface area contributed by atoms with Gasteiger partial charge in [-0.05, 0) is 60.7 Å². The Hall–Kier alpha value is -1.68. The summed E-state index contributed by atoms with van der Waals surface area (Å²) in [6.45, 7) is 3.75. The van der Waals surface area contributed by atoms with Crippen molar-refractivity contribution >= 4 is 22.6 Å². The number of aryl methyl sites for hydroxylation is 2. The van der Waals surface area contributed by atoms with Gasteiger partial charge in [0.2, 0.25) is 5.88 Å². The zero-order chi connectivity index (χ0) is 13.1. The summed E-state index contributed by atoms with van der Waals surface area (Å²) in [7, 11) is 0. The molecular formula is C13H10IN3O. The van der Waals surface area contributed by atoms with E-state index in [9.17, 15) is 0 Å². The first-order valence-corrected chi connectivity index (χ1v) is 6.37. The van der Waals surface area contributed by atoms with Crippen molar-refractivity contribution in [3.05, 3.63) is 44.9 Å². The van der Waals surface area contributed by atoms with Gasteiger partial charge >= 0.3 is 0 Å². The molecule has 18 heavy (non-hydrogen) atoms. The Morgan fingerprint density at radius 3 is 2.44 bits per heavy atom. The van der Waals surface area contributed by atoms with Gasteiger partial charge in [-0.2, -0.15) is 10.2 Å². The maximum Gasteiger partial charge on any atom is 0.236 e. The molecule has 0 bridgehead atoms. The Kier molecular flexibility index (Phi) is 3.77. The van der Waals surface area contributed by atoms with E-state index < -0.39 is 0 Å². The summed E-state index contributed by atoms with van der Waals surface area (Å²) in [5.74, 6) is 1.88. The van der Waals surface area contributed by atoms with Crippen molar-refractivity contribution in [2.75, 3.05) is 0 Å². The van der Waals surface area contributed by atoms with Crippen LogP contribution in [0.4, 0.5) is 0 Å². The fourth-order valence-electron chi connectivity index (χ4n) is 1.44. The van der Waals surface area contributed by atoms with Crippen LogP contribution in [0.3, 0.4) is 0 Å². The van der Waals surface area contributed by atoms with E-state index in [0.717, 1.165) is 9.26 Å². The van der Waals surface area contributed by atoms with Gasteiger partial charge in [0.05, 0.1) is 20.9 Å². The van der Waals surface area contributed by atoms with Crippen molar-refractivity contribution in [2.24, 2.45) is 0 Å². The van der Waals surface area contributed by atoms with E-state index in [-0.39, 0.29) is 0 Å². The molecule has 0 saturated heterocycles. The fourth-order valence-corrected chi connectivity index (χ4v) is 1.80. The van der Waals surface area contributed by atoms with E-state index in [2.05, 4.69) is 38.6 Å². The molecule has 2 aromatic rings. The topological polar surface area (TPSA) is 58.8 Å². The van der Waals surface area contributed by atoms with E-state index >= 15 is 0 Å². The quantitative estimate of drug-likeness (QED) is 0.779. The third-order valence-electron chi connectivity index (χ3n) is 2.30. The van der Waals surface area contributed by atoms with Crippen LogP contribution in [0.5, 0.6) is 11.6 Å². The van der Waals surface area contributed by atoms with Crippen molar-refractivity contribution in [3.8, 4) is 17.7 Å². The Morgan fingerprint density at radius 1 is 1.17 bits per heavy atom. The summed E-state index contributed by atoms with van der Waals surface area (Å²) in [5, 5.41) is 8.72. The molecule has 0 radical (unpaired) electrons. The smallest absolute Gasteiger partial charge is 0.236 e. The second-order valence-electron chi connectivity index (χ2n) is 3.71. The highest BCUT2D eigenvalue weighted by molar-refractivity contribution is 14.1. The van der Waals surface area contributed by atoms with Gasteiger partial charge in [0, 0.05) is 0 Å². The van der Waals surface area contributed by atoms with Gasteiger partial charge in [-0.1, -0.05) is 0 Å². The standard InChI is InChI=1S/C13H10IN3O/c1-8-12(14)13(17-9(2)16-8)18-11-5-3-10(7-15)4-6-11/h3-6H,1-2H3. The molecule has 0 saturated carbocycles. The maximum atomic E-state index is 8.72. The van der Waals surface area contributed by atoms with Crippen LogP contribution in [-0.2, 0) is 0 Å². The number of ether oxygens (including phenoxy) is 1. The monoisotopic (exact) mass is 351 g/mol. The summed E-state index contributed by atoms with van der Waals surface area (Å²) in [6, 6.07) is 8.99. The van der Waals surface area contributed by atoms with Gasteiger partial charge in [0.25, 0.3) is 0 Å². The number of nitriles is 1. The van der Waals surface area contributed by atoms with Crippen LogP contribution < -0.4 is 4.74 Å². The first-order valence-electron chi connectivity index (χ1n) is 5.29. The van der Waals surface area contributed by atoms with Crippen molar-refractivity contribution in [1.29, 1.82) is 5.26 Å². The molecule has 0 N–H and O–H groups in total. The Bertz CT molecular complexity index is 617. The molecule has 1 aromatic carbocycles. The molecule has 0 aliphatic heterocycles. The Labute approximate surface area is 119 Å². The van der Waals surface area contributed by atoms with Crippen LogP contribution in [0.1, 0.15) is 17.1 Å². The third kappa shape index (κ3) is 2.76. The minimum absolute atomic E-state index is 0.547. The van der Waals surface area contributed by atoms with E-state index in [0.29, 0.717) is 23.0 Å². The first-order chi connectivity index (χ1) is 8.60. The van der Waals surface area contributed by atoms with Crippen LogP contribution in [0.15, 0.2) is 24.3 Å². The molecule has 0 aliphatic rings. The highest BCUT2D eigenvalue weighted by Crippen LogP contribution is 2.26. The Morgan fingerprint density at radius 2 is 1.83 bits per heavy atom. The van der Waals surface area contributed by atoms with Gasteiger partial charge in [-0.25, -0.2) is 4.98 Å². The van der Waals surface area contributed by atoms with Crippen molar-refractivity contribution < 1.29 is 4.74 Å². The molecule has 2 rings (SSSR count). The highest BCUT2D eigenvalue weighted by Gasteiger charge is 2.09. The van der Waals surface area contributed by atoms with Gasteiger partial charge < -0.3 is 4.74 Å². The van der Waals surface area contributed by atoms with Crippen molar-refractivity contribution in [1.82, 2.24) is 9.97 Å². The highest BCUT2D eigenvalue weighted by atomic mass is 127. The van der Waals surface area contributed by atoms with Crippen LogP contribution in [0.25, 0.3) is 0 Å². The summed E-state index contributed by atoms with van der Waals surface area (Å²) in [5.41, 5.74) is 1.50. The SMILES string of the molecule is Cc1nc(C)c(I)c(Oc2ccc(C#N)cc2)n1. The Balaban J connectivity index is 2.31. The minimum atomic E-state index is 0.547. The number of rotatable bonds is 2. The summed E-state index contributed by atoms with van der Waals surface area (Å²) in [6.07, 6.45) is 0. The molecule has 0 unspecified atom stereocenters. The van der Waals surface area contributed by atoms with E-state index in [4.69, 9.17) is 10.00 Å². The van der Waals surface area contributed by atoms with Crippen molar-refractivity contribution in [2.45, 2.75) is 13.8 Å². The molecule has 4 nitrogen and oxygen atoms in total. The lowest BCUT2D eigenvalue weighted by atomic mass is 10.2. The number of aromatic nitrogens is 2. The van der Waals surface area contributed by atoms with Gasteiger partial charge in [-0.15, -0.1) is 0 Å². The maximum absolute atomic E-state index is 8.72. The van der Waals surface area contributed by atoms with Gasteiger partial charge in [0.15, 0.2) is 0 Å². The zero-order valence-corrected chi connectivity index (χ0v) is 12.1. The molecule has 0 fully saturated rings. The molecule has 0 amide bonds.